The second-order valence-electron chi connectivity index (χ2n) is 2.34. The molecule has 0 heterocycles. The van der Waals surface area contributed by atoms with Crippen molar-refractivity contribution in [2.75, 3.05) is 0 Å². The molecule has 1 aromatic carbocycles. The minimum absolute atomic E-state index is 0.621. The molecule has 0 unspecified atom stereocenters. The van der Waals surface area contributed by atoms with Crippen molar-refractivity contribution in [2.45, 2.75) is 6.92 Å². The third kappa shape index (κ3) is 2.38. The number of carbonyl (C=O) groups excluding carboxylic acids is 1. The number of hydrogen-bond donors (Lipinski definition) is 0. The molecule has 1 rings (SSSR count). The molecule has 1 nitrogen and oxygen atoms in total. The van der Waals surface area contributed by atoms with Crippen LogP contribution < -0.4 is 0 Å². The molecule has 0 aliphatic rings. The van der Waals surface area contributed by atoms with E-state index >= 15 is 0 Å². The Labute approximate surface area is 66.4 Å². The van der Waals surface area contributed by atoms with Crippen molar-refractivity contribution in [3.05, 3.63) is 41.5 Å². The Morgan fingerprint density at radius 1 is 1.36 bits per heavy atom. The fraction of sp³-hybridized carbons (Fsp3) is 0.100. The molecule has 0 saturated carbocycles. The SMILES string of the molecule is C/C([C]=O)=C\c1ccccc1. The predicted molar refractivity (Wildman–Crippen MR) is 45.8 cm³/mol. The van der Waals surface area contributed by atoms with E-state index in [0.29, 0.717) is 5.57 Å². The van der Waals surface area contributed by atoms with E-state index in [4.69, 9.17) is 0 Å². The minimum atomic E-state index is 0.621. The summed E-state index contributed by atoms with van der Waals surface area (Å²) in [7, 11) is 0. The lowest BCUT2D eigenvalue weighted by molar-refractivity contribution is 0.562. The Bertz CT molecular complexity index is 259. The molecule has 1 heteroatoms. The lowest BCUT2D eigenvalue weighted by Crippen LogP contribution is -1.76. The zero-order chi connectivity index (χ0) is 8.10. The van der Waals surface area contributed by atoms with Crippen LogP contribution in [0.5, 0.6) is 0 Å². The van der Waals surface area contributed by atoms with E-state index in [1.165, 1.54) is 0 Å². The van der Waals surface area contributed by atoms with Crippen LogP contribution in [0.15, 0.2) is 35.9 Å². The fourth-order valence-corrected chi connectivity index (χ4v) is 0.829. The highest BCUT2D eigenvalue weighted by Gasteiger charge is 1.87. The molecule has 0 aromatic heterocycles. The van der Waals surface area contributed by atoms with Crippen molar-refractivity contribution in [3.8, 4) is 0 Å². The minimum Gasteiger partial charge on any atom is -0.285 e. The van der Waals surface area contributed by atoms with Gasteiger partial charge in [-0.1, -0.05) is 30.3 Å². The molecule has 55 valence electrons. The second-order valence-corrected chi connectivity index (χ2v) is 2.34. The number of allylic oxidation sites excluding steroid dienone is 1. The van der Waals surface area contributed by atoms with Crippen LogP contribution in [0.4, 0.5) is 0 Å². The van der Waals surface area contributed by atoms with Gasteiger partial charge in [0.05, 0.1) is 0 Å². The third-order valence-electron chi connectivity index (χ3n) is 1.34. The Balaban J connectivity index is 2.87. The Morgan fingerprint density at radius 2 is 2.00 bits per heavy atom. The van der Waals surface area contributed by atoms with E-state index in [-0.39, 0.29) is 0 Å². The Hall–Kier alpha value is -1.37. The van der Waals surface area contributed by atoms with Crippen LogP contribution >= 0.6 is 0 Å². The second kappa shape index (κ2) is 3.71. The highest BCUT2D eigenvalue weighted by Crippen LogP contribution is 2.03. The van der Waals surface area contributed by atoms with E-state index in [0.717, 1.165) is 5.56 Å². The fourth-order valence-electron chi connectivity index (χ4n) is 0.829. The molecule has 1 aromatic rings. The van der Waals surface area contributed by atoms with Gasteiger partial charge in [0, 0.05) is 5.57 Å². The van der Waals surface area contributed by atoms with Gasteiger partial charge in [-0.25, -0.2) is 0 Å². The molecule has 0 aliphatic carbocycles. The summed E-state index contributed by atoms with van der Waals surface area (Å²) in [6, 6.07) is 9.70. The first-order valence-corrected chi connectivity index (χ1v) is 3.44. The van der Waals surface area contributed by atoms with Crippen molar-refractivity contribution in [1.29, 1.82) is 0 Å². The third-order valence-corrected chi connectivity index (χ3v) is 1.34. The van der Waals surface area contributed by atoms with Crippen LogP contribution in [-0.4, -0.2) is 6.29 Å². The molecule has 1 radical (unpaired) electrons. The lowest BCUT2D eigenvalue weighted by Gasteiger charge is -1.90. The summed E-state index contributed by atoms with van der Waals surface area (Å²) in [4.78, 5) is 10.1. The van der Waals surface area contributed by atoms with Gasteiger partial charge in [-0.15, -0.1) is 0 Å². The molecule has 0 aliphatic heterocycles. The van der Waals surface area contributed by atoms with E-state index in [9.17, 15) is 4.79 Å². The molecular weight excluding hydrogens is 136 g/mol. The van der Waals surface area contributed by atoms with Crippen LogP contribution in [0.1, 0.15) is 12.5 Å². The van der Waals surface area contributed by atoms with E-state index in [1.54, 1.807) is 13.0 Å². The van der Waals surface area contributed by atoms with Crippen LogP contribution in [0.2, 0.25) is 0 Å². The normalized spacial score (nSPS) is 11.2. The van der Waals surface area contributed by atoms with E-state index < -0.39 is 0 Å². The summed E-state index contributed by atoms with van der Waals surface area (Å²) >= 11 is 0. The molecule has 0 amide bonds. The zero-order valence-electron chi connectivity index (χ0n) is 6.37. The van der Waals surface area contributed by atoms with Gasteiger partial charge in [0.25, 0.3) is 0 Å². The average Bonchev–Trinajstić information content (AvgIpc) is 2.06. The smallest absolute Gasteiger partial charge is 0.228 e. The van der Waals surface area contributed by atoms with Gasteiger partial charge < -0.3 is 0 Å². The summed E-state index contributed by atoms with van der Waals surface area (Å²) in [5.41, 5.74) is 1.66. The van der Waals surface area contributed by atoms with Gasteiger partial charge in [-0.3, -0.25) is 4.79 Å². The highest BCUT2D eigenvalue weighted by atomic mass is 16.1. The number of hydrogen-bond acceptors (Lipinski definition) is 1. The van der Waals surface area contributed by atoms with Gasteiger partial charge >= 0.3 is 0 Å². The molecule has 0 atom stereocenters. The van der Waals surface area contributed by atoms with Gasteiger partial charge in [0.1, 0.15) is 0 Å². The Morgan fingerprint density at radius 3 is 2.55 bits per heavy atom. The van der Waals surface area contributed by atoms with E-state index in [1.807, 2.05) is 36.6 Å². The van der Waals surface area contributed by atoms with Crippen molar-refractivity contribution in [3.63, 3.8) is 0 Å². The van der Waals surface area contributed by atoms with Crippen molar-refractivity contribution >= 4 is 12.4 Å². The van der Waals surface area contributed by atoms with Crippen molar-refractivity contribution < 1.29 is 4.79 Å². The largest absolute Gasteiger partial charge is 0.285 e. The molecule has 0 saturated heterocycles. The molecule has 11 heavy (non-hydrogen) atoms. The first kappa shape index (κ1) is 7.73. The van der Waals surface area contributed by atoms with Crippen molar-refractivity contribution in [1.82, 2.24) is 0 Å². The summed E-state index contributed by atoms with van der Waals surface area (Å²) in [5.74, 6) is 0. The maximum atomic E-state index is 10.1. The number of benzene rings is 1. The molecule has 0 N–H and O–H groups in total. The predicted octanol–water partition coefficient (Wildman–Crippen LogP) is 2.20. The molecule has 0 fully saturated rings. The molecular formula is C10H9O. The first-order valence-electron chi connectivity index (χ1n) is 3.44. The van der Waals surface area contributed by atoms with Crippen LogP contribution in [-0.2, 0) is 4.79 Å². The van der Waals surface area contributed by atoms with Crippen molar-refractivity contribution in [2.24, 2.45) is 0 Å². The van der Waals surface area contributed by atoms with Gasteiger partial charge in [-0.2, -0.15) is 0 Å². The molecule has 0 bridgehead atoms. The maximum Gasteiger partial charge on any atom is 0.228 e. The molecule has 0 spiro atoms. The first-order chi connectivity index (χ1) is 5.33. The van der Waals surface area contributed by atoms with Crippen LogP contribution in [0.25, 0.3) is 6.08 Å². The summed E-state index contributed by atoms with van der Waals surface area (Å²) < 4.78 is 0. The summed E-state index contributed by atoms with van der Waals surface area (Å²) in [6.07, 6.45) is 3.62. The highest BCUT2D eigenvalue weighted by molar-refractivity contribution is 5.81. The van der Waals surface area contributed by atoms with Gasteiger partial charge in [0.2, 0.25) is 6.29 Å². The average molecular weight is 145 g/mol. The topological polar surface area (TPSA) is 17.1 Å². The Kier molecular flexibility index (Phi) is 2.61. The summed E-state index contributed by atoms with van der Waals surface area (Å²) in [5, 5.41) is 0. The zero-order valence-corrected chi connectivity index (χ0v) is 6.37. The van der Waals surface area contributed by atoms with Gasteiger partial charge in [-0.05, 0) is 18.6 Å². The monoisotopic (exact) mass is 145 g/mol. The maximum absolute atomic E-state index is 10.1. The number of rotatable bonds is 2. The van der Waals surface area contributed by atoms with Crippen LogP contribution in [0.3, 0.4) is 0 Å². The van der Waals surface area contributed by atoms with Crippen LogP contribution in [0, 0.1) is 0 Å². The lowest BCUT2D eigenvalue weighted by atomic mass is 10.1. The summed E-state index contributed by atoms with van der Waals surface area (Å²) in [6.45, 7) is 1.74. The van der Waals surface area contributed by atoms with E-state index in [2.05, 4.69) is 0 Å². The standard InChI is InChI=1S/C10H9O/c1-9(8-11)7-10-5-3-2-4-6-10/h2-7H,1H3/b9-7+. The van der Waals surface area contributed by atoms with Gasteiger partial charge in [0.15, 0.2) is 0 Å². The quantitative estimate of drug-likeness (QED) is 0.583.